The molecule has 6 nitrogen and oxygen atoms in total. The van der Waals surface area contributed by atoms with Gasteiger partial charge in [0.1, 0.15) is 6.61 Å². The van der Waals surface area contributed by atoms with Gasteiger partial charge < -0.3 is 9.64 Å². The van der Waals surface area contributed by atoms with E-state index in [1.807, 2.05) is 28.6 Å². The maximum Gasteiger partial charge on any atom is 0.249 e. The van der Waals surface area contributed by atoms with Crippen molar-refractivity contribution in [3.8, 4) is 0 Å². The van der Waals surface area contributed by atoms with Crippen LogP contribution in [-0.4, -0.2) is 45.2 Å². The fourth-order valence-electron chi connectivity index (χ4n) is 3.78. The van der Waals surface area contributed by atoms with E-state index in [9.17, 15) is 4.79 Å². The van der Waals surface area contributed by atoms with Crippen LogP contribution in [0.5, 0.6) is 0 Å². The normalized spacial score (nSPS) is 23.6. The van der Waals surface area contributed by atoms with Gasteiger partial charge in [-0.1, -0.05) is 0 Å². The fraction of sp³-hybridized carbons (Fsp3) is 0.533. The number of carbonyl (C=O) groups is 1. The van der Waals surface area contributed by atoms with E-state index in [-0.39, 0.29) is 24.6 Å². The number of ether oxygens (including phenoxy) is 1. The van der Waals surface area contributed by atoms with Gasteiger partial charge in [0.25, 0.3) is 0 Å². The van der Waals surface area contributed by atoms with Crippen molar-refractivity contribution in [2.45, 2.75) is 38.3 Å². The van der Waals surface area contributed by atoms with Gasteiger partial charge in [0.2, 0.25) is 5.91 Å². The molecule has 6 heteroatoms. The maximum atomic E-state index is 12.3. The van der Waals surface area contributed by atoms with Crippen molar-refractivity contribution in [1.29, 1.82) is 0 Å². The summed E-state index contributed by atoms with van der Waals surface area (Å²) in [4.78, 5) is 18.8. The average molecular weight is 286 g/mol. The highest BCUT2D eigenvalue weighted by Gasteiger charge is 2.43. The predicted octanol–water partition coefficient (Wildman–Crippen LogP) is 1.27. The maximum absolute atomic E-state index is 12.3. The van der Waals surface area contributed by atoms with Crippen LogP contribution < -0.4 is 0 Å². The molecule has 0 radical (unpaired) electrons. The molecule has 0 aromatic carbocycles. The van der Waals surface area contributed by atoms with Gasteiger partial charge in [-0.05, 0) is 19.8 Å². The molecule has 1 saturated heterocycles. The van der Waals surface area contributed by atoms with Crippen molar-refractivity contribution in [3.63, 3.8) is 0 Å². The molecule has 2 bridgehead atoms. The number of carbonyl (C=O) groups excluding carboxylic acids is 1. The third-order valence-electron chi connectivity index (χ3n) is 4.58. The minimum atomic E-state index is 0.0763. The Morgan fingerprint density at radius 1 is 1.48 bits per heavy atom. The second-order valence-corrected chi connectivity index (χ2v) is 5.90. The van der Waals surface area contributed by atoms with Crippen molar-refractivity contribution in [2.24, 2.45) is 0 Å². The van der Waals surface area contributed by atoms with Crippen LogP contribution >= 0.6 is 0 Å². The molecule has 0 saturated carbocycles. The Balaban J connectivity index is 1.81. The van der Waals surface area contributed by atoms with Crippen LogP contribution in [0.2, 0.25) is 0 Å². The Morgan fingerprint density at radius 3 is 3.14 bits per heavy atom. The van der Waals surface area contributed by atoms with Gasteiger partial charge in [0, 0.05) is 37.4 Å². The molecule has 4 rings (SSSR count). The summed E-state index contributed by atoms with van der Waals surface area (Å²) in [6.45, 7) is 2.13. The van der Waals surface area contributed by atoms with Crippen LogP contribution in [0.25, 0.3) is 5.65 Å². The van der Waals surface area contributed by atoms with Gasteiger partial charge in [0.15, 0.2) is 5.65 Å². The zero-order valence-electron chi connectivity index (χ0n) is 12.2. The quantitative estimate of drug-likeness (QED) is 0.834. The van der Waals surface area contributed by atoms with E-state index in [0.29, 0.717) is 0 Å². The highest BCUT2D eigenvalue weighted by molar-refractivity contribution is 5.79. The molecule has 0 unspecified atom stereocenters. The molecule has 2 aliphatic heterocycles. The zero-order valence-corrected chi connectivity index (χ0v) is 12.2. The van der Waals surface area contributed by atoms with Crippen molar-refractivity contribution >= 4 is 11.6 Å². The lowest BCUT2D eigenvalue weighted by atomic mass is 9.99. The summed E-state index contributed by atoms with van der Waals surface area (Å²) in [6.07, 6.45) is 4.81. The Labute approximate surface area is 122 Å². The molecule has 2 aromatic rings. The summed E-state index contributed by atoms with van der Waals surface area (Å²) < 4.78 is 6.97. The molecule has 0 spiro atoms. The molecule has 0 aliphatic carbocycles. The lowest BCUT2D eigenvalue weighted by molar-refractivity contribution is -0.138. The van der Waals surface area contributed by atoms with E-state index >= 15 is 0 Å². The summed E-state index contributed by atoms with van der Waals surface area (Å²) in [7, 11) is 1.56. The Hall–Kier alpha value is -1.95. The van der Waals surface area contributed by atoms with Crippen LogP contribution in [0.15, 0.2) is 12.3 Å². The highest BCUT2D eigenvalue weighted by Crippen LogP contribution is 2.43. The van der Waals surface area contributed by atoms with E-state index in [4.69, 9.17) is 4.74 Å². The van der Waals surface area contributed by atoms with E-state index in [2.05, 4.69) is 10.1 Å². The summed E-state index contributed by atoms with van der Waals surface area (Å²) >= 11 is 0. The van der Waals surface area contributed by atoms with Gasteiger partial charge in [0.05, 0.1) is 17.4 Å². The summed E-state index contributed by atoms with van der Waals surface area (Å²) in [6, 6.07) is 2.38. The first-order valence-corrected chi connectivity index (χ1v) is 7.33. The van der Waals surface area contributed by atoms with E-state index in [0.717, 1.165) is 36.2 Å². The first-order chi connectivity index (χ1) is 10.2. The van der Waals surface area contributed by atoms with E-state index in [1.54, 1.807) is 7.11 Å². The number of rotatable bonds is 2. The van der Waals surface area contributed by atoms with E-state index < -0.39 is 0 Å². The van der Waals surface area contributed by atoms with Crippen LogP contribution in [0.4, 0.5) is 0 Å². The standard InChI is InChI=1S/C15H18N4O2/c1-9-5-14-16-7-11-12-4-3-10(6-13(11)19(14)17-9)18(12)15(20)8-21-2/h5,7,10,12H,3-4,6,8H2,1-2H3/t10-,12+/m0/s1. The molecule has 4 heterocycles. The predicted molar refractivity (Wildman–Crippen MR) is 75.9 cm³/mol. The third kappa shape index (κ3) is 1.78. The Kier molecular flexibility index (Phi) is 2.75. The van der Waals surface area contributed by atoms with Crippen molar-refractivity contribution in [1.82, 2.24) is 19.5 Å². The van der Waals surface area contributed by atoms with Gasteiger partial charge in [-0.15, -0.1) is 0 Å². The lowest BCUT2D eigenvalue weighted by Crippen LogP contribution is -2.44. The molecule has 2 atom stereocenters. The van der Waals surface area contributed by atoms with Crippen molar-refractivity contribution in [3.05, 3.63) is 29.2 Å². The fourth-order valence-corrected chi connectivity index (χ4v) is 3.78. The van der Waals surface area contributed by atoms with Gasteiger partial charge in [-0.2, -0.15) is 5.10 Å². The smallest absolute Gasteiger partial charge is 0.249 e. The van der Waals surface area contributed by atoms with Gasteiger partial charge in [-0.25, -0.2) is 9.50 Å². The molecule has 2 aromatic heterocycles. The van der Waals surface area contributed by atoms with Crippen molar-refractivity contribution in [2.75, 3.05) is 13.7 Å². The SMILES string of the molecule is COCC(=O)N1[C@H]2CC[C@@H]1c1cnc3cc(C)nn3c1C2. The number of fused-ring (bicyclic) bond motifs is 6. The number of aryl methyl sites for hydroxylation is 1. The minimum Gasteiger partial charge on any atom is -0.375 e. The number of hydrogen-bond donors (Lipinski definition) is 0. The molecular formula is C15H18N4O2. The van der Waals surface area contributed by atoms with E-state index in [1.165, 1.54) is 5.69 Å². The monoisotopic (exact) mass is 286 g/mol. The van der Waals surface area contributed by atoms with Crippen LogP contribution in [0.1, 0.15) is 35.8 Å². The molecular weight excluding hydrogens is 268 g/mol. The largest absolute Gasteiger partial charge is 0.375 e. The Morgan fingerprint density at radius 2 is 2.33 bits per heavy atom. The number of hydrogen-bond acceptors (Lipinski definition) is 4. The first-order valence-electron chi connectivity index (χ1n) is 7.33. The Bertz CT molecular complexity index is 724. The lowest BCUT2D eigenvalue weighted by Gasteiger charge is -2.36. The van der Waals surface area contributed by atoms with Crippen molar-refractivity contribution < 1.29 is 9.53 Å². The van der Waals surface area contributed by atoms with Gasteiger partial charge >= 0.3 is 0 Å². The topological polar surface area (TPSA) is 59.7 Å². The molecule has 21 heavy (non-hydrogen) atoms. The number of amides is 1. The first kappa shape index (κ1) is 12.8. The minimum absolute atomic E-state index is 0.0763. The molecule has 1 fully saturated rings. The average Bonchev–Trinajstić information content (AvgIpc) is 2.98. The summed E-state index contributed by atoms with van der Waals surface area (Å²) in [5, 5.41) is 4.56. The number of aromatic nitrogens is 3. The highest BCUT2D eigenvalue weighted by atomic mass is 16.5. The van der Waals surface area contributed by atoms with Crippen LogP contribution in [0, 0.1) is 6.92 Å². The zero-order chi connectivity index (χ0) is 14.6. The molecule has 110 valence electrons. The number of nitrogens with zero attached hydrogens (tertiary/aromatic N) is 4. The second-order valence-electron chi connectivity index (χ2n) is 5.90. The third-order valence-corrected chi connectivity index (χ3v) is 4.58. The number of methoxy groups -OCH3 is 1. The summed E-state index contributed by atoms with van der Waals surface area (Å²) in [5.74, 6) is 0.0763. The van der Waals surface area contributed by atoms with Crippen LogP contribution in [-0.2, 0) is 16.0 Å². The van der Waals surface area contributed by atoms with Crippen LogP contribution in [0.3, 0.4) is 0 Å². The van der Waals surface area contributed by atoms with Gasteiger partial charge in [-0.3, -0.25) is 4.79 Å². The second kappa shape index (κ2) is 4.53. The molecule has 1 amide bonds. The molecule has 2 aliphatic rings. The summed E-state index contributed by atoms with van der Waals surface area (Å²) in [5.41, 5.74) is 4.22. The molecule has 0 N–H and O–H groups in total.